The zero-order chi connectivity index (χ0) is 12.8. The van der Waals surface area contributed by atoms with Crippen LogP contribution in [0.5, 0.6) is 0 Å². The standard InChI is InChI=1S/C7H15O7PS/c1-4-13-15(9)5-7(14-6(2)8)16(10,11)12-3/h7,15H,4-5H2,1-3H3. The molecule has 7 nitrogen and oxygen atoms in total. The van der Waals surface area contributed by atoms with Gasteiger partial charge in [-0.1, -0.05) is 0 Å². The van der Waals surface area contributed by atoms with E-state index >= 15 is 0 Å². The molecular formula is C7H15O7PS. The largest absolute Gasteiger partial charge is 0.443 e. The SMILES string of the molecule is CCO[PH](=O)CC(OC(C)=O)S(=O)(=O)OC. The van der Waals surface area contributed by atoms with Crippen molar-refractivity contribution in [2.45, 2.75) is 19.3 Å². The molecule has 0 rings (SSSR count). The van der Waals surface area contributed by atoms with Gasteiger partial charge in [-0.25, -0.2) is 0 Å². The van der Waals surface area contributed by atoms with Gasteiger partial charge in [0.05, 0.1) is 19.9 Å². The quantitative estimate of drug-likeness (QED) is 0.375. The maximum absolute atomic E-state index is 11.3. The third-order valence-corrected chi connectivity index (χ3v) is 4.47. The lowest BCUT2D eigenvalue weighted by Gasteiger charge is -2.15. The Labute approximate surface area is 95.1 Å². The van der Waals surface area contributed by atoms with Gasteiger partial charge in [0.25, 0.3) is 0 Å². The molecule has 0 aliphatic heterocycles. The number of hydrogen-bond donors (Lipinski definition) is 0. The molecule has 2 atom stereocenters. The third kappa shape index (κ3) is 5.60. The Balaban J connectivity index is 4.69. The van der Waals surface area contributed by atoms with E-state index in [0.717, 1.165) is 14.0 Å². The zero-order valence-corrected chi connectivity index (χ0v) is 11.1. The summed E-state index contributed by atoms with van der Waals surface area (Å²) in [6.07, 6.45) is -0.408. The van der Waals surface area contributed by atoms with Gasteiger partial charge in [0.15, 0.2) is 8.03 Å². The first-order valence-corrected chi connectivity index (χ1v) is 7.45. The molecule has 0 aromatic rings. The Morgan fingerprint density at radius 2 is 2.00 bits per heavy atom. The van der Waals surface area contributed by atoms with Crippen molar-refractivity contribution in [1.82, 2.24) is 0 Å². The van der Waals surface area contributed by atoms with E-state index in [2.05, 4.69) is 8.92 Å². The van der Waals surface area contributed by atoms with Gasteiger partial charge in [-0.2, -0.15) is 8.42 Å². The maximum atomic E-state index is 11.3. The van der Waals surface area contributed by atoms with Crippen LogP contribution in [-0.2, 0) is 32.9 Å². The van der Waals surface area contributed by atoms with Gasteiger partial charge in [0.2, 0.25) is 5.44 Å². The van der Waals surface area contributed by atoms with Crippen molar-refractivity contribution < 1.29 is 31.2 Å². The minimum absolute atomic E-state index is 0.192. The van der Waals surface area contributed by atoms with E-state index < -0.39 is 35.7 Å². The second kappa shape index (κ2) is 7.01. The summed E-state index contributed by atoms with van der Waals surface area (Å²) in [4.78, 5) is 10.7. The van der Waals surface area contributed by atoms with E-state index in [1.54, 1.807) is 6.92 Å². The van der Waals surface area contributed by atoms with Crippen LogP contribution in [0.3, 0.4) is 0 Å². The van der Waals surface area contributed by atoms with E-state index in [9.17, 15) is 17.8 Å². The van der Waals surface area contributed by atoms with Gasteiger partial charge < -0.3 is 9.26 Å². The number of carbonyl (C=O) groups is 1. The molecule has 0 saturated carbocycles. The molecule has 0 aromatic heterocycles. The van der Waals surface area contributed by atoms with Crippen molar-refractivity contribution in [3.05, 3.63) is 0 Å². The average Bonchev–Trinajstić information content (AvgIpc) is 2.16. The van der Waals surface area contributed by atoms with Gasteiger partial charge in [-0.15, -0.1) is 0 Å². The number of ether oxygens (including phenoxy) is 1. The van der Waals surface area contributed by atoms with Crippen molar-refractivity contribution in [1.29, 1.82) is 0 Å². The van der Waals surface area contributed by atoms with E-state index in [-0.39, 0.29) is 6.61 Å². The van der Waals surface area contributed by atoms with Crippen molar-refractivity contribution in [2.24, 2.45) is 0 Å². The molecule has 2 unspecified atom stereocenters. The fourth-order valence-corrected chi connectivity index (χ4v) is 3.34. The Hall–Kier alpha value is -0.430. The molecule has 16 heavy (non-hydrogen) atoms. The highest BCUT2D eigenvalue weighted by Gasteiger charge is 2.30. The lowest BCUT2D eigenvalue weighted by molar-refractivity contribution is -0.142. The van der Waals surface area contributed by atoms with Crippen LogP contribution in [0.2, 0.25) is 0 Å². The minimum Gasteiger partial charge on any atom is -0.443 e. The molecule has 0 heterocycles. The van der Waals surface area contributed by atoms with Crippen LogP contribution in [0.1, 0.15) is 13.8 Å². The third-order valence-electron chi connectivity index (χ3n) is 1.49. The van der Waals surface area contributed by atoms with Crippen molar-refractivity contribution in [3.8, 4) is 0 Å². The van der Waals surface area contributed by atoms with Gasteiger partial charge >= 0.3 is 16.1 Å². The number of rotatable bonds is 7. The number of esters is 1. The molecule has 0 N–H and O–H groups in total. The topological polar surface area (TPSA) is 96.0 Å². The molecule has 0 bridgehead atoms. The molecule has 0 saturated heterocycles. The normalized spacial score (nSPS) is 15.4. The van der Waals surface area contributed by atoms with Crippen molar-refractivity contribution in [3.63, 3.8) is 0 Å². The second-order valence-corrected chi connectivity index (χ2v) is 5.99. The Morgan fingerprint density at radius 3 is 2.38 bits per heavy atom. The summed E-state index contributed by atoms with van der Waals surface area (Å²) in [6.45, 7) is 2.86. The zero-order valence-electron chi connectivity index (χ0n) is 9.26. The minimum atomic E-state index is -4.07. The first-order valence-electron chi connectivity index (χ1n) is 4.45. The summed E-state index contributed by atoms with van der Waals surface area (Å²) in [5, 5.41) is 0. The van der Waals surface area contributed by atoms with Crippen LogP contribution in [-0.4, -0.2) is 39.7 Å². The Kier molecular flexibility index (Phi) is 6.82. The van der Waals surface area contributed by atoms with E-state index in [0.29, 0.717) is 0 Å². The number of carbonyl (C=O) groups excluding carboxylic acids is 1. The van der Waals surface area contributed by atoms with Gasteiger partial charge in [0, 0.05) is 6.92 Å². The fourth-order valence-electron chi connectivity index (χ4n) is 0.851. The molecule has 0 radical (unpaired) electrons. The van der Waals surface area contributed by atoms with Crippen molar-refractivity contribution in [2.75, 3.05) is 19.9 Å². The van der Waals surface area contributed by atoms with Gasteiger partial charge in [-0.3, -0.25) is 13.5 Å². The predicted molar refractivity (Wildman–Crippen MR) is 57.0 cm³/mol. The summed E-state index contributed by atoms with van der Waals surface area (Å²) in [5.74, 6) is -0.795. The van der Waals surface area contributed by atoms with Crippen LogP contribution in [0.15, 0.2) is 0 Å². The van der Waals surface area contributed by atoms with E-state index in [1.165, 1.54) is 0 Å². The first kappa shape index (κ1) is 15.6. The summed E-state index contributed by atoms with van der Waals surface area (Å²) < 4.78 is 47.3. The monoisotopic (exact) mass is 274 g/mol. The fraction of sp³-hybridized carbons (Fsp3) is 0.857. The molecule has 0 fully saturated rings. The summed E-state index contributed by atoms with van der Waals surface area (Å²) in [7, 11) is -5.70. The van der Waals surface area contributed by atoms with E-state index in [4.69, 9.17) is 4.52 Å². The molecule has 0 amide bonds. The molecule has 96 valence electrons. The Morgan fingerprint density at radius 1 is 1.44 bits per heavy atom. The van der Waals surface area contributed by atoms with E-state index in [1.807, 2.05) is 0 Å². The maximum Gasteiger partial charge on any atom is 0.306 e. The lowest BCUT2D eigenvalue weighted by atomic mass is 10.7. The van der Waals surface area contributed by atoms with Gasteiger partial charge in [0.1, 0.15) is 0 Å². The van der Waals surface area contributed by atoms with Crippen LogP contribution in [0.4, 0.5) is 0 Å². The highest BCUT2D eigenvalue weighted by molar-refractivity contribution is 7.87. The summed E-state index contributed by atoms with van der Waals surface area (Å²) in [5.41, 5.74) is -1.59. The van der Waals surface area contributed by atoms with Crippen LogP contribution >= 0.6 is 8.03 Å². The molecule has 0 aliphatic carbocycles. The second-order valence-electron chi connectivity index (χ2n) is 2.71. The molecule has 0 spiro atoms. The summed E-state index contributed by atoms with van der Waals surface area (Å²) >= 11 is 0. The highest BCUT2D eigenvalue weighted by atomic mass is 32.2. The predicted octanol–water partition coefficient (Wildman–Crippen LogP) is 0.363. The molecule has 0 aliphatic rings. The smallest absolute Gasteiger partial charge is 0.306 e. The van der Waals surface area contributed by atoms with Crippen LogP contribution in [0.25, 0.3) is 0 Å². The lowest BCUT2D eigenvalue weighted by Crippen LogP contribution is -2.30. The van der Waals surface area contributed by atoms with Crippen LogP contribution in [0, 0.1) is 0 Å². The molecular weight excluding hydrogens is 259 g/mol. The van der Waals surface area contributed by atoms with Crippen LogP contribution < -0.4 is 0 Å². The van der Waals surface area contributed by atoms with Crippen molar-refractivity contribution >= 4 is 24.1 Å². The average molecular weight is 274 g/mol. The molecule has 0 aromatic carbocycles. The Bertz CT molecular complexity index is 350. The summed E-state index contributed by atoms with van der Waals surface area (Å²) in [6, 6.07) is 0. The molecule has 9 heteroatoms. The van der Waals surface area contributed by atoms with Gasteiger partial charge in [-0.05, 0) is 6.92 Å². The number of hydrogen-bond acceptors (Lipinski definition) is 7. The highest BCUT2D eigenvalue weighted by Crippen LogP contribution is 2.26. The first-order chi connectivity index (χ1) is 7.33.